The highest BCUT2D eigenvalue weighted by Crippen LogP contribution is 2.13. The lowest BCUT2D eigenvalue weighted by Crippen LogP contribution is -2.59. The normalized spacial score (nSPS) is 18.7. The van der Waals surface area contributed by atoms with Crippen LogP contribution in [0.5, 0.6) is 0 Å². The van der Waals surface area contributed by atoms with Crippen LogP contribution in [0.1, 0.15) is 122 Å². The summed E-state index contributed by atoms with van der Waals surface area (Å²) in [5.41, 5.74) is 77.4. The maximum atomic E-state index is 15.2. The smallest absolute Gasteiger partial charge is 0.245 e. The number of nitrogens with zero attached hydrogens (tertiary/aromatic N) is 7. The molecule has 574 valence electrons. The van der Waals surface area contributed by atoms with Crippen LogP contribution in [-0.2, 0) is 62.3 Å². The van der Waals surface area contributed by atoms with Gasteiger partial charge in [0.05, 0.1) is 6.54 Å². The van der Waals surface area contributed by atoms with Gasteiger partial charge in [-0.1, -0.05) is 0 Å². The van der Waals surface area contributed by atoms with E-state index < -0.39 is 157 Å². The molecule has 1 aliphatic rings. The van der Waals surface area contributed by atoms with E-state index in [1.807, 2.05) is 0 Å². The Hall–Kier alpha value is -10.9. The van der Waals surface area contributed by atoms with Crippen molar-refractivity contribution in [1.82, 2.24) is 58.1 Å². The average molecular weight is 1470 g/mol. The predicted molar refractivity (Wildman–Crippen MR) is 382 cm³/mol. The summed E-state index contributed by atoms with van der Waals surface area (Å²) in [5, 5.41) is 25.7. The third-order valence-electron chi connectivity index (χ3n) is 14.8. The van der Waals surface area contributed by atoms with E-state index in [1.165, 1.54) is 6.92 Å². The number of thiol groups is 1. The molecule has 0 unspecified atom stereocenters. The maximum absolute atomic E-state index is 15.2. The molecule has 1 heterocycles. The summed E-state index contributed by atoms with van der Waals surface area (Å²) in [6.07, 6.45) is -2.13. The molecule has 1 saturated heterocycles. The van der Waals surface area contributed by atoms with Crippen molar-refractivity contribution in [2.75, 3.05) is 64.7 Å². The van der Waals surface area contributed by atoms with Crippen molar-refractivity contribution in [2.45, 2.75) is 177 Å². The molecule has 0 radical (unpaired) electrons. The highest BCUT2D eigenvalue weighted by Gasteiger charge is 2.36. The minimum Gasteiger partial charge on any atom is -0.370 e. The van der Waals surface area contributed by atoms with Crippen molar-refractivity contribution in [2.24, 2.45) is 110 Å². The summed E-state index contributed by atoms with van der Waals surface area (Å²) in [7, 11) is 0. The first-order valence-electron chi connectivity index (χ1n) is 32.9. The van der Waals surface area contributed by atoms with Gasteiger partial charge in [-0.25, -0.2) is 0 Å². The third-order valence-corrected chi connectivity index (χ3v) is 15.2. The molecule has 9 atom stereocenters. The average Bonchev–Trinajstić information content (AvgIpc) is 0.872. The van der Waals surface area contributed by atoms with Crippen molar-refractivity contribution in [3.8, 4) is 0 Å². The molecule has 0 aromatic heterocycles. The van der Waals surface area contributed by atoms with Crippen LogP contribution in [-0.4, -0.2) is 236 Å². The zero-order chi connectivity index (χ0) is 76.9. The summed E-state index contributed by atoms with van der Waals surface area (Å²) in [5.74, 6) is -13.5. The van der Waals surface area contributed by atoms with Crippen LogP contribution >= 0.6 is 12.6 Å². The number of guanidine groups is 6. The number of amides is 13. The third kappa shape index (κ3) is 40.2. The van der Waals surface area contributed by atoms with Crippen LogP contribution in [0.25, 0.3) is 0 Å². The molecule has 0 aromatic rings. The summed E-state index contributed by atoms with van der Waals surface area (Å²) in [6, 6.07) is -13.2. The van der Waals surface area contributed by atoms with E-state index in [9.17, 15) is 57.5 Å². The van der Waals surface area contributed by atoms with Gasteiger partial charge in [0, 0.05) is 77.4 Å². The second kappa shape index (κ2) is 49.6. The van der Waals surface area contributed by atoms with E-state index in [0.717, 1.165) is 4.90 Å². The number of hydrogen-bond acceptors (Lipinski definition) is 20. The molecule has 13 amide bonds. The van der Waals surface area contributed by atoms with Crippen molar-refractivity contribution in [1.29, 1.82) is 0 Å². The fourth-order valence-corrected chi connectivity index (χ4v) is 9.83. The van der Waals surface area contributed by atoms with Crippen molar-refractivity contribution in [3.63, 3.8) is 0 Å². The molecule has 0 saturated carbocycles. The molecule has 1 fully saturated rings. The number of nitrogens with two attached hydrogens (primary N) is 14. The molecule has 1 rings (SSSR count). The van der Waals surface area contributed by atoms with Crippen LogP contribution in [0, 0.1) is 0 Å². The molecule has 0 bridgehead atoms. The lowest BCUT2D eigenvalue weighted by molar-refractivity contribution is -0.141. The molecule has 0 spiro atoms. The predicted octanol–water partition coefficient (Wildman–Crippen LogP) is -12.1. The number of primary amides is 2. The van der Waals surface area contributed by atoms with Gasteiger partial charge in [0.15, 0.2) is 35.8 Å². The van der Waals surface area contributed by atoms with Crippen LogP contribution in [0.2, 0.25) is 0 Å². The highest BCUT2D eigenvalue weighted by atomic mass is 32.1. The van der Waals surface area contributed by atoms with Crippen LogP contribution < -0.4 is 133 Å². The van der Waals surface area contributed by atoms with Gasteiger partial charge < -0.3 is 138 Å². The fraction of sp³-hybridized carbons (Fsp3) is 0.667. The van der Waals surface area contributed by atoms with E-state index in [0.29, 0.717) is 0 Å². The Kier molecular flexibility index (Phi) is 43.3. The molecule has 38 N–H and O–H groups in total. The van der Waals surface area contributed by atoms with Gasteiger partial charge in [-0.2, -0.15) is 12.6 Å². The van der Waals surface area contributed by atoms with E-state index in [4.69, 9.17) is 80.3 Å². The van der Waals surface area contributed by atoms with Gasteiger partial charge in [-0.3, -0.25) is 92.3 Å². The van der Waals surface area contributed by atoms with Gasteiger partial charge in [0.2, 0.25) is 76.8 Å². The number of rotatable bonds is 38. The van der Waals surface area contributed by atoms with Crippen LogP contribution in [0.4, 0.5) is 0 Å². The summed E-state index contributed by atoms with van der Waals surface area (Å²) < 4.78 is 0. The van der Waals surface area contributed by atoms with E-state index in [1.54, 1.807) is 0 Å². The Balaban J connectivity index is 4.13. The Labute approximate surface area is 595 Å². The Morgan fingerprint density at radius 3 is 1.24 bits per heavy atom. The lowest BCUT2D eigenvalue weighted by Gasteiger charge is -2.30. The van der Waals surface area contributed by atoms with Gasteiger partial charge in [0.1, 0.15) is 54.4 Å². The second-order valence-corrected chi connectivity index (χ2v) is 23.8. The maximum Gasteiger partial charge on any atom is 0.245 e. The number of aliphatic imine (C=N–C) groups is 6. The van der Waals surface area contributed by atoms with E-state index >= 15 is 4.79 Å². The van der Waals surface area contributed by atoms with Crippen LogP contribution in [0.15, 0.2) is 30.0 Å². The molecule has 0 aromatic carbocycles. The Morgan fingerprint density at radius 1 is 0.451 bits per heavy atom. The molecular weight excluding hydrogens is 1360 g/mol. The molecule has 1 aliphatic heterocycles. The lowest BCUT2D eigenvalue weighted by atomic mass is 10.0. The van der Waals surface area contributed by atoms with Gasteiger partial charge >= 0.3 is 0 Å². The first-order valence-corrected chi connectivity index (χ1v) is 33.5. The Morgan fingerprint density at radius 2 is 0.814 bits per heavy atom. The first kappa shape index (κ1) is 89.1. The second-order valence-electron chi connectivity index (χ2n) is 23.4. The number of hydrogen-bond donors (Lipinski definition) is 25. The largest absolute Gasteiger partial charge is 0.370 e. The van der Waals surface area contributed by atoms with Crippen molar-refractivity contribution >= 4 is 125 Å². The SMILES string of the molecule is C[C@@H]1NC(=O)[C@H](CCC(N)=O)NC(=O)[C@H](CCCN=C(N)N)NC(=O)CCC(=O)NCCCCN(CC(=O)N[C@@H](CCCN=C(N)N)C(=O)N[C@@H](CCCN=C(N)N)C(=O)N[C@@H](CCCN=C(N)N)C(=O)N[C@@H](CS)C(N)=O)C(=O)[C@H](CCCN=C(N)N)NC(=O)[C@H](CCCN=C(N)N)NC1=O. The van der Waals surface area contributed by atoms with Gasteiger partial charge in [0.25, 0.3) is 0 Å². The molecule has 44 nitrogen and oxygen atoms in total. The van der Waals surface area contributed by atoms with Crippen molar-refractivity contribution < 1.29 is 62.3 Å². The zero-order valence-corrected chi connectivity index (χ0v) is 58.4. The van der Waals surface area contributed by atoms with Crippen LogP contribution in [0.3, 0.4) is 0 Å². The van der Waals surface area contributed by atoms with E-state index in [2.05, 4.69) is 95.8 Å². The number of carbonyl (C=O) groups is 13. The quantitative estimate of drug-likeness (QED) is 0.0118. The minimum absolute atomic E-state index is 0.0133. The summed E-state index contributed by atoms with van der Waals surface area (Å²) in [4.78, 5) is 205. The molecular formula is C57H107N31O13S. The number of carbonyl (C=O) groups excluding carboxylic acids is 13. The summed E-state index contributed by atoms with van der Waals surface area (Å²) in [6.45, 7) is -0.143. The Bertz CT molecular complexity index is 2980. The van der Waals surface area contributed by atoms with Gasteiger partial charge in [-0.15, -0.1) is 0 Å². The first-order chi connectivity index (χ1) is 48.1. The monoisotopic (exact) mass is 1470 g/mol. The topological polar surface area (TPSA) is 784 Å². The standard InChI is InChI=1S/C57H107N31O13S/c1-30-44(94)82-33(12-6-23-75-54(64)65)49(99)86-37(15-9-26-78-57(70)71)51(101)88(27-3-2-20-72-40(90)18-19-41(91)80-31(10-4-21-73-52(60)61)46(96)85-36(45(95)79-30)16-17-39(58)89)28-42(92)81-32(11-5-22-74-53(62)63)47(97)83-34(13-7-24-76-55(66)67)48(98)84-35(14-8-25-77-56(68)69)50(100)87-38(29-102)43(59)93/h30-38,102H,2-29H2,1H3,(H2,58,89)(H2,59,93)(H,72,90)(H,79,95)(H,80,91)(H,81,92)(H,82,94)(H,83,97)(H,84,98)(H,85,96)(H,86,99)(H,87,100)(H4,60,61,73)(H4,62,63,74)(H4,64,65,75)(H4,66,67,76)(H4,68,69,77)(H4,70,71,78)/t30-,31-,32-,33-,34-,35-,36-,37-,38-/m0/s1. The molecule has 102 heavy (non-hydrogen) atoms. The highest BCUT2D eigenvalue weighted by molar-refractivity contribution is 7.80. The number of nitrogens with one attached hydrogen (secondary N) is 10. The zero-order valence-electron chi connectivity index (χ0n) is 57.5. The minimum atomic E-state index is -1.55. The van der Waals surface area contributed by atoms with Gasteiger partial charge in [-0.05, 0) is 103 Å². The summed E-state index contributed by atoms with van der Waals surface area (Å²) >= 11 is 4.08. The van der Waals surface area contributed by atoms with Crippen molar-refractivity contribution in [3.05, 3.63) is 0 Å². The molecule has 45 heteroatoms. The molecule has 0 aliphatic carbocycles. The van der Waals surface area contributed by atoms with E-state index in [-0.39, 0.29) is 190 Å². The fourth-order valence-electron chi connectivity index (χ4n) is 9.56.